The van der Waals surface area contributed by atoms with Crippen molar-refractivity contribution in [1.29, 1.82) is 0 Å². The molecular weight excluding hydrogens is 288 g/mol. The van der Waals surface area contributed by atoms with Crippen molar-refractivity contribution in [1.82, 2.24) is 10.6 Å². The molecule has 1 aliphatic heterocycles. The quantitative estimate of drug-likeness (QED) is 0.913. The highest BCUT2D eigenvalue weighted by atomic mass is 16.5. The van der Waals surface area contributed by atoms with Gasteiger partial charge < -0.3 is 15.4 Å². The zero-order valence-electron chi connectivity index (χ0n) is 13.3. The van der Waals surface area contributed by atoms with Crippen LogP contribution in [-0.2, 0) is 5.54 Å². The number of carbonyl (C=O) groups excluding carboxylic acids is 1. The second-order valence-corrected chi connectivity index (χ2v) is 5.91. The number of amides is 1. The first-order valence-electron chi connectivity index (χ1n) is 7.96. The molecule has 0 radical (unpaired) electrons. The van der Waals surface area contributed by atoms with Gasteiger partial charge in [-0.1, -0.05) is 36.4 Å². The first kappa shape index (κ1) is 15.6. The van der Waals surface area contributed by atoms with Gasteiger partial charge >= 0.3 is 0 Å². The van der Waals surface area contributed by atoms with Crippen LogP contribution in [0.2, 0.25) is 0 Å². The summed E-state index contributed by atoms with van der Waals surface area (Å²) in [6, 6.07) is 17.5. The summed E-state index contributed by atoms with van der Waals surface area (Å²) in [5, 5.41) is 6.67. The van der Waals surface area contributed by atoms with Crippen molar-refractivity contribution in [3.63, 3.8) is 0 Å². The van der Waals surface area contributed by atoms with Gasteiger partial charge in [-0.2, -0.15) is 0 Å². The van der Waals surface area contributed by atoms with Gasteiger partial charge in [0.1, 0.15) is 5.75 Å². The summed E-state index contributed by atoms with van der Waals surface area (Å²) in [4.78, 5) is 12.8. The van der Waals surface area contributed by atoms with Crippen LogP contribution in [0.5, 0.6) is 5.75 Å². The molecule has 23 heavy (non-hydrogen) atoms. The summed E-state index contributed by atoms with van der Waals surface area (Å²) in [6.07, 6.45) is 1.97. The molecule has 1 fully saturated rings. The monoisotopic (exact) mass is 310 g/mol. The van der Waals surface area contributed by atoms with Crippen molar-refractivity contribution in [2.24, 2.45) is 0 Å². The van der Waals surface area contributed by atoms with Crippen LogP contribution in [-0.4, -0.2) is 26.1 Å². The zero-order valence-corrected chi connectivity index (χ0v) is 13.3. The van der Waals surface area contributed by atoms with Gasteiger partial charge in [0.15, 0.2) is 0 Å². The van der Waals surface area contributed by atoms with E-state index in [1.54, 1.807) is 13.2 Å². The predicted octanol–water partition coefficient (Wildman–Crippen LogP) is 2.70. The summed E-state index contributed by atoms with van der Waals surface area (Å²) < 4.78 is 5.21. The van der Waals surface area contributed by atoms with E-state index in [1.165, 1.54) is 0 Å². The molecule has 4 nitrogen and oxygen atoms in total. The van der Waals surface area contributed by atoms with Gasteiger partial charge in [0.25, 0.3) is 5.91 Å². The number of piperidine rings is 1. The maximum Gasteiger partial charge on any atom is 0.252 e. The van der Waals surface area contributed by atoms with E-state index < -0.39 is 0 Å². The highest BCUT2D eigenvalue weighted by Gasteiger charge is 2.35. The maximum atomic E-state index is 12.8. The normalized spacial score (nSPS) is 20.7. The second kappa shape index (κ2) is 6.84. The third kappa shape index (κ3) is 3.37. The Morgan fingerprint density at radius 3 is 2.70 bits per heavy atom. The highest BCUT2D eigenvalue weighted by Crippen LogP contribution is 2.29. The van der Waals surface area contributed by atoms with Gasteiger partial charge in [0.2, 0.25) is 0 Å². The summed E-state index contributed by atoms with van der Waals surface area (Å²) in [7, 11) is 1.60. The minimum Gasteiger partial charge on any atom is -0.497 e. The smallest absolute Gasteiger partial charge is 0.252 e. The molecule has 4 heteroatoms. The molecule has 0 saturated carbocycles. The Morgan fingerprint density at radius 2 is 2.00 bits per heavy atom. The van der Waals surface area contributed by atoms with Gasteiger partial charge in [0.05, 0.1) is 12.6 Å². The highest BCUT2D eigenvalue weighted by molar-refractivity contribution is 5.95. The lowest BCUT2D eigenvalue weighted by Crippen LogP contribution is -2.55. The molecule has 0 aromatic heterocycles. The number of ether oxygens (including phenoxy) is 1. The minimum absolute atomic E-state index is 0.0727. The van der Waals surface area contributed by atoms with Crippen LogP contribution in [0.3, 0.4) is 0 Å². The molecule has 0 unspecified atom stereocenters. The molecule has 120 valence electrons. The molecule has 1 heterocycles. The van der Waals surface area contributed by atoms with Crippen molar-refractivity contribution in [3.05, 3.63) is 65.7 Å². The van der Waals surface area contributed by atoms with E-state index >= 15 is 0 Å². The molecule has 1 amide bonds. The third-order valence-electron chi connectivity index (χ3n) is 4.39. The number of nitrogens with one attached hydrogen (secondary N) is 2. The van der Waals surface area contributed by atoms with E-state index in [4.69, 9.17) is 4.74 Å². The Bertz CT molecular complexity index is 664. The first-order valence-corrected chi connectivity index (χ1v) is 7.96. The average Bonchev–Trinajstić information content (AvgIpc) is 2.63. The van der Waals surface area contributed by atoms with E-state index in [0.717, 1.165) is 31.5 Å². The molecule has 3 rings (SSSR count). The van der Waals surface area contributed by atoms with Crippen LogP contribution in [0.1, 0.15) is 28.8 Å². The van der Waals surface area contributed by atoms with Crippen molar-refractivity contribution < 1.29 is 9.53 Å². The van der Waals surface area contributed by atoms with Crippen molar-refractivity contribution in [3.8, 4) is 5.75 Å². The molecule has 1 saturated heterocycles. The van der Waals surface area contributed by atoms with Crippen LogP contribution in [0.4, 0.5) is 0 Å². The molecule has 2 N–H and O–H groups in total. The number of methoxy groups -OCH3 is 1. The van der Waals surface area contributed by atoms with E-state index in [9.17, 15) is 4.79 Å². The zero-order chi connectivity index (χ0) is 16.1. The fourth-order valence-corrected chi connectivity index (χ4v) is 3.14. The molecule has 1 aliphatic rings. The number of rotatable bonds is 4. The lowest BCUT2D eigenvalue weighted by molar-refractivity contribution is 0.0876. The topological polar surface area (TPSA) is 50.4 Å². The van der Waals surface area contributed by atoms with Crippen LogP contribution in [0, 0.1) is 0 Å². The fraction of sp³-hybridized carbons (Fsp3) is 0.316. The van der Waals surface area contributed by atoms with Gasteiger partial charge in [0, 0.05) is 12.1 Å². The molecule has 0 spiro atoms. The van der Waals surface area contributed by atoms with Crippen LogP contribution in [0.15, 0.2) is 54.6 Å². The average molecular weight is 310 g/mol. The third-order valence-corrected chi connectivity index (χ3v) is 4.39. The van der Waals surface area contributed by atoms with Crippen LogP contribution < -0.4 is 15.4 Å². The van der Waals surface area contributed by atoms with Crippen molar-refractivity contribution in [2.75, 3.05) is 20.2 Å². The van der Waals surface area contributed by atoms with Gasteiger partial charge in [-0.15, -0.1) is 0 Å². The van der Waals surface area contributed by atoms with Gasteiger partial charge in [-0.3, -0.25) is 4.79 Å². The number of carbonyl (C=O) groups is 1. The van der Waals surface area contributed by atoms with E-state index in [0.29, 0.717) is 11.3 Å². The Labute approximate surface area is 136 Å². The minimum atomic E-state index is -0.361. The van der Waals surface area contributed by atoms with Crippen molar-refractivity contribution in [2.45, 2.75) is 18.4 Å². The molecule has 1 atom stereocenters. The Morgan fingerprint density at radius 1 is 1.17 bits per heavy atom. The van der Waals surface area contributed by atoms with Gasteiger partial charge in [-0.05, 0) is 43.1 Å². The summed E-state index contributed by atoms with van der Waals surface area (Å²) >= 11 is 0. The number of benzene rings is 2. The fourth-order valence-electron chi connectivity index (χ4n) is 3.14. The van der Waals surface area contributed by atoms with Crippen molar-refractivity contribution >= 4 is 5.91 Å². The summed E-state index contributed by atoms with van der Waals surface area (Å²) in [5.41, 5.74) is 1.40. The van der Waals surface area contributed by atoms with E-state index in [2.05, 4.69) is 22.8 Å². The Hall–Kier alpha value is -2.33. The Kier molecular flexibility index (Phi) is 4.63. The molecule has 0 aliphatic carbocycles. The van der Waals surface area contributed by atoms with Gasteiger partial charge in [-0.25, -0.2) is 0 Å². The maximum absolute atomic E-state index is 12.8. The van der Waals surface area contributed by atoms with Crippen LogP contribution in [0.25, 0.3) is 0 Å². The largest absolute Gasteiger partial charge is 0.497 e. The molecule has 2 aromatic carbocycles. The SMILES string of the molecule is COc1cccc(C(=O)N[C@]2(c3ccccc3)CCCNC2)c1. The summed E-state index contributed by atoms with van der Waals surface area (Å²) in [6.45, 7) is 1.73. The number of hydrogen-bond acceptors (Lipinski definition) is 3. The Balaban J connectivity index is 1.88. The number of hydrogen-bond donors (Lipinski definition) is 2. The van der Waals surface area contributed by atoms with Crippen LogP contribution >= 0.6 is 0 Å². The van der Waals surface area contributed by atoms with E-state index in [1.807, 2.05) is 36.4 Å². The molecular formula is C19H22N2O2. The predicted molar refractivity (Wildman–Crippen MR) is 90.7 cm³/mol. The lowest BCUT2D eigenvalue weighted by Gasteiger charge is -2.39. The first-order chi connectivity index (χ1) is 11.2. The second-order valence-electron chi connectivity index (χ2n) is 5.91. The standard InChI is InChI=1S/C19H22N2O2/c1-23-17-10-5-7-15(13-17)18(22)21-19(11-6-12-20-14-19)16-8-3-2-4-9-16/h2-5,7-10,13,20H,6,11-12,14H2,1H3,(H,21,22)/t19-/m1/s1. The molecule has 0 bridgehead atoms. The van der Waals surface area contributed by atoms with E-state index in [-0.39, 0.29) is 11.4 Å². The summed E-state index contributed by atoms with van der Waals surface area (Å²) in [5.74, 6) is 0.615. The molecule has 2 aromatic rings. The lowest BCUT2D eigenvalue weighted by atomic mass is 9.82.